The Bertz CT molecular complexity index is 521. The SMILES string of the molecule is CN(C1CCOC1)S(=O)(=O)c1c(N)cccc1Cl. The van der Waals surface area contributed by atoms with Crippen LogP contribution in [-0.2, 0) is 14.8 Å². The van der Waals surface area contributed by atoms with Crippen LogP contribution in [-0.4, -0.2) is 39.0 Å². The Hall–Kier alpha value is -0.820. The van der Waals surface area contributed by atoms with Crippen molar-refractivity contribution in [2.75, 3.05) is 26.0 Å². The van der Waals surface area contributed by atoms with Crippen molar-refractivity contribution in [3.05, 3.63) is 23.2 Å². The van der Waals surface area contributed by atoms with E-state index in [0.717, 1.165) is 0 Å². The third kappa shape index (κ3) is 2.33. The molecule has 0 radical (unpaired) electrons. The van der Waals surface area contributed by atoms with Crippen molar-refractivity contribution >= 4 is 27.3 Å². The lowest BCUT2D eigenvalue weighted by molar-refractivity contribution is 0.181. The number of nitrogens with two attached hydrogens (primary N) is 1. The average molecular weight is 291 g/mol. The molecule has 7 heteroatoms. The van der Waals surface area contributed by atoms with Crippen LogP contribution < -0.4 is 5.73 Å². The number of rotatable bonds is 3. The van der Waals surface area contributed by atoms with Crippen molar-refractivity contribution in [1.29, 1.82) is 0 Å². The number of anilines is 1. The number of benzene rings is 1. The standard InChI is InChI=1S/C11H15ClN2O3S/c1-14(8-5-6-17-7-8)18(15,16)11-9(12)3-2-4-10(11)13/h2-4,8H,5-7,13H2,1H3. The van der Waals surface area contributed by atoms with E-state index < -0.39 is 10.0 Å². The normalized spacial score (nSPS) is 20.5. The second-order valence-corrected chi connectivity index (χ2v) is 6.54. The Labute approximate surface area is 112 Å². The maximum atomic E-state index is 12.5. The second-order valence-electron chi connectivity index (χ2n) is 4.20. The molecule has 1 saturated heterocycles. The van der Waals surface area contributed by atoms with Crippen molar-refractivity contribution in [2.45, 2.75) is 17.4 Å². The van der Waals surface area contributed by atoms with E-state index in [-0.39, 0.29) is 21.6 Å². The molecule has 1 atom stereocenters. The lowest BCUT2D eigenvalue weighted by Crippen LogP contribution is -2.37. The summed E-state index contributed by atoms with van der Waals surface area (Å²) in [5, 5.41) is 0.140. The van der Waals surface area contributed by atoms with Gasteiger partial charge in [-0.15, -0.1) is 0 Å². The molecule has 0 amide bonds. The maximum Gasteiger partial charge on any atom is 0.246 e. The number of nitrogen functional groups attached to an aromatic ring is 1. The summed E-state index contributed by atoms with van der Waals surface area (Å²) in [6.07, 6.45) is 0.681. The molecule has 1 unspecified atom stereocenters. The number of likely N-dealkylation sites (N-methyl/N-ethyl adjacent to an activating group) is 1. The molecule has 0 aromatic heterocycles. The Morgan fingerprint density at radius 1 is 1.50 bits per heavy atom. The third-order valence-corrected chi connectivity index (χ3v) is 5.51. The van der Waals surface area contributed by atoms with Gasteiger partial charge in [-0.1, -0.05) is 17.7 Å². The first kappa shape index (κ1) is 13.6. The van der Waals surface area contributed by atoms with Crippen molar-refractivity contribution < 1.29 is 13.2 Å². The van der Waals surface area contributed by atoms with Crippen LogP contribution in [0.2, 0.25) is 5.02 Å². The topological polar surface area (TPSA) is 72.6 Å². The summed E-state index contributed by atoms with van der Waals surface area (Å²) in [5.74, 6) is 0. The van der Waals surface area contributed by atoms with E-state index in [0.29, 0.717) is 19.6 Å². The first-order valence-electron chi connectivity index (χ1n) is 5.54. The Kier molecular flexibility index (Phi) is 3.82. The number of nitrogens with zero attached hydrogens (tertiary/aromatic N) is 1. The van der Waals surface area contributed by atoms with Gasteiger partial charge in [0.05, 0.1) is 23.4 Å². The molecule has 5 nitrogen and oxygen atoms in total. The van der Waals surface area contributed by atoms with E-state index in [9.17, 15) is 8.42 Å². The highest BCUT2D eigenvalue weighted by atomic mass is 35.5. The summed E-state index contributed by atoms with van der Waals surface area (Å²) in [7, 11) is -2.16. The Balaban J connectivity index is 2.41. The highest BCUT2D eigenvalue weighted by Gasteiger charge is 2.33. The average Bonchev–Trinajstić information content (AvgIpc) is 2.80. The van der Waals surface area contributed by atoms with Gasteiger partial charge in [-0.2, -0.15) is 4.31 Å². The minimum Gasteiger partial charge on any atom is -0.398 e. The van der Waals surface area contributed by atoms with Crippen LogP contribution in [0, 0.1) is 0 Å². The van der Waals surface area contributed by atoms with E-state index in [2.05, 4.69) is 0 Å². The third-order valence-electron chi connectivity index (χ3n) is 3.05. The van der Waals surface area contributed by atoms with Crippen molar-refractivity contribution in [1.82, 2.24) is 4.31 Å². The summed E-state index contributed by atoms with van der Waals surface area (Å²) in [5.41, 5.74) is 5.88. The van der Waals surface area contributed by atoms with Crippen molar-refractivity contribution in [2.24, 2.45) is 0 Å². The molecular formula is C11H15ClN2O3S. The van der Waals surface area contributed by atoms with Gasteiger partial charge in [0.25, 0.3) is 0 Å². The predicted octanol–water partition coefficient (Wildman–Crippen LogP) is 1.33. The summed E-state index contributed by atoms with van der Waals surface area (Å²) < 4.78 is 31.4. The Morgan fingerprint density at radius 2 is 2.22 bits per heavy atom. The van der Waals surface area contributed by atoms with E-state index in [1.54, 1.807) is 6.07 Å². The number of sulfonamides is 1. The van der Waals surface area contributed by atoms with Crippen LogP contribution in [0.1, 0.15) is 6.42 Å². The molecule has 2 rings (SSSR count). The highest BCUT2D eigenvalue weighted by Crippen LogP contribution is 2.31. The van der Waals surface area contributed by atoms with Gasteiger partial charge in [0.2, 0.25) is 10.0 Å². The molecule has 1 fully saturated rings. The van der Waals surface area contributed by atoms with Crippen molar-refractivity contribution in [3.8, 4) is 0 Å². The van der Waals surface area contributed by atoms with E-state index in [1.807, 2.05) is 0 Å². The van der Waals surface area contributed by atoms with Gasteiger partial charge >= 0.3 is 0 Å². The largest absolute Gasteiger partial charge is 0.398 e. The Morgan fingerprint density at radius 3 is 2.78 bits per heavy atom. The molecule has 0 bridgehead atoms. The number of hydrogen-bond donors (Lipinski definition) is 1. The molecule has 2 N–H and O–H groups in total. The fourth-order valence-corrected chi connectivity index (χ4v) is 3.95. The lowest BCUT2D eigenvalue weighted by atomic mass is 10.3. The fourth-order valence-electron chi connectivity index (χ4n) is 1.95. The molecule has 1 aromatic carbocycles. The number of ether oxygens (including phenoxy) is 1. The molecule has 0 saturated carbocycles. The van der Waals surface area contributed by atoms with Gasteiger partial charge < -0.3 is 10.5 Å². The minimum absolute atomic E-state index is 0.0268. The lowest BCUT2D eigenvalue weighted by Gasteiger charge is -2.23. The van der Waals surface area contributed by atoms with Gasteiger partial charge in [0.1, 0.15) is 4.90 Å². The maximum absolute atomic E-state index is 12.5. The zero-order valence-corrected chi connectivity index (χ0v) is 11.5. The van der Waals surface area contributed by atoms with E-state index in [1.165, 1.54) is 23.5 Å². The summed E-state index contributed by atoms with van der Waals surface area (Å²) >= 11 is 5.95. The van der Waals surface area contributed by atoms with Crippen molar-refractivity contribution in [3.63, 3.8) is 0 Å². The molecule has 1 aliphatic heterocycles. The second kappa shape index (κ2) is 5.05. The van der Waals surface area contributed by atoms with Crippen LogP contribution in [0.5, 0.6) is 0 Å². The molecule has 1 aromatic rings. The van der Waals surface area contributed by atoms with E-state index >= 15 is 0 Å². The molecule has 0 aliphatic carbocycles. The number of hydrogen-bond acceptors (Lipinski definition) is 4. The van der Waals surface area contributed by atoms with Gasteiger partial charge in [-0.05, 0) is 18.6 Å². The monoisotopic (exact) mass is 290 g/mol. The zero-order valence-electron chi connectivity index (χ0n) is 9.97. The smallest absolute Gasteiger partial charge is 0.246 e. The molecular weight excluding hydrogens is 276 g/mol. The minimum atomic E-state index is -3.69. The molecule has 1 heterocycles. The van der Waals surface area contributed by atoms with Crippen LogP contribution in [0.25, 0.3) is 0 Å². The molecule has 1 aliphatic rings. The molecule has 100 valence electrons. The molecule has 18 heavy (non-hydrogen) atoms. The van der Waals surface area contributed by atoms with Crippen LogP contribution in [0.15, 0.2) is 23.1 Å². The first-order valence-corrected chi connectivity index (χ1v) is 7.36. The summed E-state index contributed by atoms with van der Waals surface area (Å²) in [6, 6.07) is 4.50. The quantitative estimate of drug-likeness (QED) is 0.853. The van der Waals surface area contributed by atoms with Gasteiger partial charge in [0.15, 0.2) is 0 Å². The van der Waals surface area contributed by atoms with Gasteiger partial charge in [-0.3, -0.25) is 0 Å². The van der Waals surface area contributed by atoms with Crippen LogP contribution >= 0.6 is 11.6 Å². The fraction of sp³-hybridized carbons (Fsp3) is 0.455. The van der Waals surface area contributed by atoms with E-state index in [4.69, 9.17) is 22.1 Å². The zero-order chi connectivity index (χ0) is 13.3. The van der Waals surface area contributed by atoms with Crippen LogP contribution in [0.3, 0.4) is 0 Å². The first-order chi connectivity index (χ1) is 8.44. The van der Waals surface area contributed by atoms with Gasteiger partial charge in [0, 0.05) is 13.7 Å². The highest BCUT2D eigenvalue weighted by molar-refractivity contribution is 7.89. The van der Waals surface area contributed by atoms with Crippen LogP contribution in [0.4, 0.5) is 5.69 Å². The molecule has 0 spiro atoms. The number of halogens is 1. The predicted molar refractivity (Wildman–Crippen MR) is 70.0 cm³/mol. The summed E-state index contributed by atoms with van der Waals surface area (Å²) in [4.78, 5) is -0.0268. The van der Waals surface area contributed by atoms with Gasteiger partial charge in [-0.25, -0.2) is 8.42 Å². The summed E-state index contributed by atoms with van der Waals surface area (Å²) in [6.45, 7) is 0.975.